The van der Waals surface area contributed by atoms with Gasteiger partial charge in [-0.15, -0.1) is 0 Å². The molecule has 0 unspecified atom stereocenters. The predicted molar refractivity (Wildman–Crippen MR) is 157 cm³/mol. The zero-order valence-electron chi connectivity index (χ0n) is 25.6. The fraction of sp³-hybridized carbons (Fsp3) is 0.441. The number of hydrogen-bond donors (Lipinski definition) is 0. The Morgan fingerprint density at radius 2 is 1.20 bits per heavy atom. The highest BCUT2D eigenvalue weighted by Crippen LogP contribution is 2.39. The highest BCUT2D eigenvalue weighted by molar-refractivity contribution is 5.85. The lowest BCUT2D eigenvalue weighted by atomic mass is 9.85. The Balaban J connectivity index is 2.24. The highest BCUT2D eigenvalue weighted by atomic mass is 19.4. The van der Waals surface area contributed by atoms with Gasteiger partial charge in [0.1, 0.15) is 5.78 Å². The van der Waals surface area contributed by atoms with Crippen LogP contribution < -0.4 is 4.90 Å². The van der Waals surface area contributed by atoms with Crippen LogP contribution in [0.15, 0.2) is 60.7 Å². The molecule has 0 aliphatic rings. The van der Waals surface area contributed by atoms with Gasteiger partial charge in [0.2, 0.25) is 0 Å². The topological polar surface area (TPSA) is 20.3 Å². The number of alkyl halides is 9. The van der Waals surface area contributed by atoms with Gasteiger partial charge < -0.3 is 4.90 Å². The Labute approximate surface area is 257 Å². The van der Waals surface area contributed by atoms with Crippen LogP contribution in [0.1, 0.15) is 81.2 Å². The SMILES string of the molecule is CC(=O)[C@H](CC(C)C)c1cc(-c2ccc(C(F)(F)F)cc2)cc(N(CCC(C)C)Cc2cc(C(F)(F)F)cc(C(F)(F)F)c2)c1. The van der Waals surface area contributed by atoms with Gasteiger partial charge in [-0.3, -0.25) is 4.79 Å². The molecule has 0 radical (unpaired) electrons. The van der Waals surface area contributed by atoms with E-state index in [1.165, 1.54) is 19.1 Å². The summed E-state index contributed by atoms with van der Waals surface area (Å²) >= 11 is 0. The second kappa shape index (κ2) is 13.9. The summed E-state index contributed by atoms with van der Waals surface area (Å²) < 4.78 is 122. The number of hydrogen-bond acceptors (Lipinski definition) is 2. The van der Waals surface area contributed by atoms with E-state index in [0.29, 0.717) is 47.4 Å². The van der Waals surface area contributed by atoms with Gasteiger partial charge in [0.05, 0.1) is 16.7 Å². The summed E-state index contributed by atoms with van der Waals surface area (Å²) in [5.74, 6) is -0.514. The number of halogens is 9. The van der Waals surface area contributed by atoms with Crippen molar-refractivity contribution in [1.82, 2.24) is 0 Å². The molecular weight excluding hydrogens is 609 g/mol. The first-order valence-electron chi connectivity index (χ1n) is 14.5. The van der Waals surface area contributed by atoms with Gasteiger partial charge in [0.15, 0.2) is 0 Å². The Morgan fingerprint density at radius 3 is 1.64 bits per heavy atom. The molecule has 2 nitrogen and oxygen atoms in total. The summed E-state index contributed by atoms with van der Waals surface area (Å²) in [5.41, 5.74) is -2.09. The maximum atomic E-state index is 13.6. The third kappa shape index (κ3) is 9.99. The molecule has 0 fully saturated rings. The standard InChI is InChI=1S/C34H36F9NO/c1-20(2)10-11-44(19-23-13-28(33(38,39)40)18-29(14-23)34(41,42)43)30-16-25(24-6-8-27(9-7-24)32(35,36)37)15-26(17-30)31(22(5)45)12-21(3)4/h6-9,13-18,20-21,31H,10-12,19H2,1-5H3/t31-/m0/s1. The molecule has 0 amide bonds. The fourth-order valence-electron chi connectivity index (χ4n) is 5.09. The summed E-state index contributed by atoms with van der Waals surface area (Å²) in [6, 6.07) is 10.9. The molecule has 0 bridgehead atoms. The number of anilines is 1. The van der Waals surface area contributed by atoms with Crippen LogP contribution in [0, 0.1) is 11.8 Å². The van der Waals surface area contributed by atoms with Crippen molar-refractivity contribution >= 4 is 11.5 Å². The fourth-order valence-corrected chi connectivity index (χ4v) is 5.09. The first-order chi connectivity index (χ1) is 20.6. The molecule has 3 aromatic rings. The smallest absolute Gasteiger partial charge is 0.367 e. The zero-order chi connectivity index (χ0) is 33.9. The first-order valence-corrected chi connectivity index (χ1v) is 14.5. The number of benzene rings is 3. The van der Waals surface area contributed by atoms with Gasteiger partial charge in [-0.05, 0) is 96.3 Å². The lowest BCUT2D eigenvalue weighted by molar-refractivity contribution is -0.143. The Morgan fingerprint density at radius 1 is 0.667 bits per heavy atom. The predicted octanol–water partition coefficient (Wildman–Crippen LogP) is 11.2. The zero-order valence-corrected chi connectivity index (χ0v) is 25.6. The Kier molecular flexibility index (Phi) is 11.1. The minimum absolute atomic E-state index is 0.0780. The number of carbonyl (C=O) groups excluding carboxylic acids is 1. The molecule has 0 spiro atoms. The molecule has 3 aromatic carbocycles. The molecule has 45 heavy (non-hydrogen) atoms. The molecule has 11 heteroatoms. The van der Waals surface area contributed by atoms with Gasteiger partial charge in [0, 0.05) is 24.7 Å². The van der Waals surface area contributed by atoms with Crippen LogP contribution in [-0.4, -0.2) is 12.3 Å². The van der Waals surface area contributed by atoms with Crippen molar-refractivity contribution in [2.75, 3.05) is 11.4 Å². The second-order valence-electron chi connectivity index (χ2n) is 12.2. The van der Waals surface area contributed by atoms with Crippen molar-refractivity contribution in [2.24, 2.45) is 11.8 Å². The van der Waals surface area contributed by atoms with Crippen LogP contribution in [-0.2, 0) is 29.9 Å². The van der Waals surface area contributed by atoms with Crippen LogP contribution in [0.4, 0.5) is 45.2 Å². The van der Waals surface area contributed by atoms with E-state index < -0.39 is 41.1 Å². The number of rotatable bonds is 11. The monoisotopic (exact) mass is 645 g/mol. The van der Waals surface area contributed by atoms with Crippen molar-refractivity contribution in [2.45, 2.75) is 78.5 Å². The number of ketones is 1. The molecule has 0 aliphatic heterocycles. The number of Topliss-reactive ketones (excluding diaryl/α,β-unsaturated/α-hetero) is 1. The van der Waals surface area contributed by atoms with E-state index in [9.17, 15) is 44.3 Å². The van der Waals surface area contributed by atoms with E-state index in [1.54, 1.807) is 23.1 Å². The van der Waals surface area contributed by atoms with Gasteiger partial charge in [-0.2, -0.15) is 39.5 Å². The van der Waals surface area contributed by atoms with Gasteiger partial charge >= 0.3 is 18.5 Å². The highest BCUT2D eigenvalue weighted by Gasteiger charge is 2.37. The lowest BCUT2D eigenvalue weighted by Crippen LogP contribution is -2.26. The van der Waals surface area contributed by atoms with Gasteiger partial charge in [0.25, 0.3) is 0 Å². The third-order valence-electron chi connectivity index (χ3n) is 7.45. The average Bonchev–Trinajstić information content (AvgIpc) is 2.92. The number of carbonyl (C=O) groups is 1. The molecule has 0 saturated heterocycles. The maximum Gasteiger partial charge on any atom is 0.416 e. The minimum Gasteiger partial charge on any atom is -0.367 e. The van der Waals surface area contributed by atoms with Gasteiger partial charge in [-0.25, -0.2) is 0 Å². The third-order valence-corrected chi connectivity index (χ3v) is 7.45. The van der Waals surface area contributed by atoms with Crippen LogP contribution in [0.3, 0.4) is 0 Å². The van der Waals surface area contributed by atoms with Crippen LogP contribution in [0.2, 0.25) is 0 Å². The van der Waals surface area contributed by atoms with Gasteiger partial charge in [-0.1, -0.05) is 45.9 Å². The van der Waals surface area contributed by atoms with E-state index in [0.717, 1.165) is 12.1 Å². The van der Waals surface area contributed by atoms with E-state index in [1.807, 2.05) is 27.7 Å². The van der Waals surface area contributed by atoms with E-state index in [2.05, 4.69) is 0 Å². The number of nitrogens with zero attached hydrogens (tertiary/aromatic N) is 1. The molecule has 3 rings (SSSR count). The van der Waals surface area contributed by atoms with Crippen LogP contribution >= 0.6 is 0 Å². The molecule has 0 N–H and O–H groups in total. The van der Waals surface area contributed by atoms with Crippen molar-refractivity contribution in [1.29, 1.82) is 0 Å². The second-order valence-corrected chi connectivity index (χ2v) is 12.2. The van der Waals surface area contributed by atoms with Crippen molar-refractivity contribution < 1.29 is 44.3 Å². The summed E-state index contributed by atoms with van der Waals surface area (Å²) in [6.45, 7) is 9.06. The van der Waals surface area contributed by atoms with E-state index in [-0.39, 0.29) is 42.3 Å². The van der Waals surface area contributed by atoms with Crippen LogP contribution in [0.25, 0.3) is 11.1 Å². The van der Waals surface area contributed by atoms with Crippen molar-refractivity contribution in [3.8, 4) is 11.1 Å². The summed E-state index contributed by atoms with van der Waals surface area (Å²) in [4.78, 5) is 14.4. The first kappa shape index (κ1) is 36.0. The summed E-state index contributed by atoms with van der Waals surface area (Å²) in [5, 5.41) is 0. The normalized spacial score (nSPS) is 13.4. The molecule has 0 aliphatic carbocycles. The lowest BCUT2D eigenvalue weighted by Gasteiger charge is -2.29. The maximum absolute atomic E-state index is 13.6. The molecule has 246 valence electrons. The molecule has 0 saturated carbocycles. The molecule has 1 atom stereocenters. The van der Waals surface area contributed by atoms with E-state index >= 15 is 0 Å². The largest absolute Gasteiger partial charge is 0.416 e. The quantitative estimate of drug-likeness (QED) is 0.193. The minimum atomic E-state index is -5.01. The van der Waals surface area contributed by atoms with Crippen molar-refractivity contribution in [3.05, 3.63) is 88.5 Å². The Hall–Kier alpha value is -3.50. The van der Waals surface area contributed by atoms with E-state index in [4.69, 9.17) is 0 Å². The molecule has 0 heterocycles. The summed E-state index contributed by atoms with van der Waals surface area (Å²) in [7, 11) is 0. The molecular formula is C34H36F9NO. The Bertz CT molecular complexity index is 1420. The van der Waals surface area contributed by atoms with Crippen LogP contribution in [0.5, 0.6) is 0 Å². The summed E-state index contributed by atoms with van der Waals surface area (Å²) in [6.07, 6.45) is -13.6. The van der Waals surface area contributed by atoms with Crippen molar-refractivity contribution in [3.63, 3.8) is 0 Å². The average molecular weight is 646 g/mol. The molecule has 0 aromatic heterocycles.